The lowest BCUT2D eigenvalue weighted by Crippen LogP contribution is -2.38. The number of carbonyl (C=O) groups excluding carboxylic acids is 2. The summed E-state index contributed by atoms with van der Waals surface area (Å²) in [5.41, 5.74) is 13.0. The fraction of sp³-hybridized carbons (Fsp3) is 0.348. The van der Waals surface area contributed by atoms with Crippen molar-refractivity contribution in [2.45, 2.75) is 29.0 Å². The van der Waals surface area contributed by atoms with E-state index in [0.29, 0.717) is 35.1 Å². The number of thioether (sulfide) groups is 1. The summed E-state index contributed by atoms with van der Waals surface area (Å²) in [6.45, 7) is 0.610. The molecule has 0 spiro atoms. The highest BCUT2D eigenvalue weighted by atomic mass is 32.2. The zero-order valence-corrected chi connectivity index (χ0v) is 19.1. The van der Waals surface area contributed by atoms with Gasteiger partial charge in [0.2, 0.25) is 11.8 Å². The number of likely N-dealkylation sites (N-methyl/N-ethyl adjacent to an activating group) is 1. The maximum absolute atomic E-state index is 12.3. The molecule has 0 bridgehead atoms. The van der Waals surface area contributed by atoms with Gasteiger partial charge in [-0.25, -0.2) is 4.98 Å². The minimum atomic E-state index is -0.767. The van der Waals surface area contributed by atoms with Crippen molar-refractivity contribution in [3.63, 3.8) is 0 Å². The van der Waals surface area contributed by atoms with Gasteiger partial charge in [-0.15, -0.1) is 0 Å². The Morgan fingerprint density at radius 2 is 1.91 bits per heavy atom. The Morgan fingerprint density at radius 3 is 2.45 bits per heavy atom. The molecular weight excluding hydrogens is 438 g/mol. The second-order valence-electron chi connectivity index (χ2n) is 7.71. The van der Waals surface area contributed by atoms with Gasteiger partial charge in [-0.05, 0) is 29.9 Å². The van der Waals surface area contributed by atoms with Crippen molar-refractivity contribution in [3.05, 3.63) is 52.6 Å². The molecular formula is C23H25N7O2S. The zero-order chi connectivity index (χ0) is 24.0. The van der Waals surface area contributed by atoms with Crippen LogP contribution in [0.1, 0.15) is 46.3 Å². The molecule has 2 amide bonds. The lowest BCUT2D eigenvalue weighted by atomic mass is 10.00. The smallest absolute Gasteiger partial charge is 0.239 e. The van der Waals surface area contributed by atoms with Gasteiger partial charge in [-0.1, -0.05) is 42.1 Å². The number of amides is 2. The Morgan fingerprint density at radius 1 is 1.24 bits per heavy atom. The van der Waals surface area contributed by atoms with E-state index < -0.39 is 11.2 Å². The molecule has 0 saturated heterocycles. The first-order valence-corrected chi connectivity index (χ1v) is 11.4. The van der Waals surface area contributed by atoms with E-state index in [1.54, 1.807) is 36.2 Å². The average molecular weight is 464 g/mol. The summed E-state index contributed by atoms with van der Waals surface area (Å²) in [5, 5.41) is 22.1. The van der Waals surface area contributed by atoms with E-state index in [1.807, 2.05) is 6.07 Å². The van der Waals surface area contributed by atoms with Crippen molar-refractivity contribution in [2.75, 3.05) is 31.6 Å². The summed E-state index contributed by atoms with van der Waals surface area (Å²) < 4.78 is 0. The summed E-state index contributed by atoms with van der Waals surface area (Å²) in [4.78, 5) is 30.7. The third kappa shape index (κ3) is 5.61. The van der Waals surface area contributed by atoms with Gasteiger partial charge in [-0.3, -0.25) is 9.59 Å². The first kappa shape index (κ1) is 24.1. The number of benzene rings is 1. The lowest BCUT2D eigenvalue weighted by Gasteiger charge is -2.23. The number of anilines is 1. The molecule has 1 aliphatic rings. The van der Waals surface area contributed by atoms with Crippen molar-refractivity contribution in [2.24, 2.45) is 11.5 Å². The average Bonchev–Trinajstić information content (AvgIpc) is 3.65. The van der Waals surface area contributed by atoms with Crippen LogP contribution in [0.15, 0.2) is 35.4 Å². The van der Waals surface area contributed by atoms with Gasteiger partial charge in [0.25, 0.3) is 0 Å². The molecule has 1 aliphatic carbocycles. The monoisotopic (exact) mass is 463 g/mol. The number of carbonyl (C=O) groups is 2. The topological polar surface area (TPSA) is 162 Å². The third-order valence-electron chi connectivity index (χ3n) is 5.19. The van der Waals surface area contributed by atoms with E-state index in [4.69, 9.17) is 11.5 Å². The predicted molar refractivity (Wildman–Crippen MR) is 125 cm³/mol. The van der Waals surface area contributed by atoms with Gasteiger partial charge in [0, 0.05) is 20.1 Å². The van der Waals surface area contributed by atoms with Crippen LogP contribution >= 0.6 is 11.8 Å². The van der Waals surface area contributed by atoms with Gasteiger partial charge >= 0.3 is 0 Å². The molecule has 2 aromatic rings. The number of hydrogen-bond acceptors (Lipinski definition) is 8. The lowest BCUT2D eigenvalue weighted by molar-refractivity contribution is -0.119. The standard InChI is InChI=1S/C23H25N7O2S/c1-30(13-18(31)28-10-9-24)22-16(11-25)19(14-7-8-14)17(12-26)23(29-22)33-20(21(27)32)15-5-3-2-4-6-15/h2-6,14,20H,7-10,13,24H2,1H3,(H2,27,32)(H,28,31). The van der Waals surface area contributed by atoms with Crippen LogP contribution in [0.5, 0.6) is 0 Å². The summed E-state index contributed by atoms with van der Waals surface area (Å²) in [5.74, 6) is -0.469. The maximum Gasteiger partial charge on any atom is 0.239 e. The SMILES string of the molecule is CN(CC(=O)NCCN)c1nc(SC(C(N)=O)c2ccccc2)c(C#N)c(C2CC2)c1C#N. The number of hydrogen-bond donors (Lipinski definition) is 3. The van der Waals surface area contributed by atoms with Crippen LogP contribution in [-0.4, -0.2) is 43.5 Å². The normalized spacial score (nSPS) is 13.5. The second-order valence-corrected chi connectivity index (χ2v) is 8.80. The molecule has 1 saturated carbocycles. The zero-order valence-electron chi connectivity index (χ0n) is 18.2. The van der Waals surface area contributed by atoms with Gasteiger partial charge in [0.15, 0.2) is 0 Å². The summed E-state index contributed by atoms with van der Waals surface area (Å²) in [6, 6.07) is 13.4. The number of pyridine rings is 1. The molecule has 3 rings (SSSR count). The maximum atomic E-state index is 12.3. The van der Waals surface area contributed by atoms with E-state index in [0.717, 1.165) is 24.6 Å². The summed E-state index contributed by atoms with van der Waals surface area (Å²) in [6.07, 6.45) is 1.71. The largest absolute Gasteiger partial charge is 0.368 e. The Bertz CT molecular complexity index is 1120. The molecule has 1 heterocycles. The Kier molecular flexibility index (Phi) is 7.88. The molecule has 1 unspecified atom stereocenters. The number of nitrogens with one attached hydrogen (secondary N) is 1. The fourth-order valence-electron chi connectivity index (χ4n) is 3.52. The molecule has 0 radical (unpaired) electrons. The van der Waals surface area contributed by atoms with Crippen molar-refractivity contribution in [3.8, 4) is 12.1 Å². The van der Waals surface area contributed by atoms with Crippen LogP contribution in [0.2, 0.25) is 0 Å². The van der Waals surface area contributed by atoms with E-state index in [-0.39, 0.29) is 29.5 Å². The van der Waals surface area contributed by atoms with E-state index in [9.17, 15) is 20.1 Å². The van der Waals surface area contributed by atoms with Crippen molar-refractivity contribution in [1.82, 2.24) is 10.3 Å². The minimum Gasteiger partial charge on any atom is -0.368 e. The number of rotatable bonds is 10. The third-order valence-corrected chi connectivity index (χ3v) is 6.45. The molecule has 170 valence electrons. The molecule has 0 aliphatic heterocycles. The minimum absolute atomic E-state index is 0.0419. The number of primary amides is 1. The Labute approximate surface area is 196 Å². The number of nitriles is 2. The molecule has 1 fully saturated rings. The molecule has 1 aromatic carbocycles. The van der Waals surface area contributed by atoms with Gasteiger partial charge < -0.3 is 21.7 Å². The molecule has 9 nitrogen and oxygen atoms in total. The first-order chi connectivity index (χ1) is 15.9. The molecule has 10 heteroatoms. The number of aromatic nitrogens is 1. The van der Waals surface area contributed by atoms with Crippen LogP contribution in [0, 0.1) is 22.7 Å². The molecule has 5 N–H and O–H groups in total. The predicted octanol–water partition coefficient (Wildman–Crippen LogP) is 1.53. The number of nitrogens with zero attached hydrogens (tertiary/aromatic N) is 4. The van der Waals surface area contributed by atoms with E-state index >= 15 is 0 Å². The summed E-state index contributed by atoms with van der Waals surface area (Å²) >= 11 is 1.08. The second kappa shape index (κ2) is 10.8. The van der Waals surface area contributed by atoms with Crippen LogP contribution in [0.3, 0.4) is 0 Å². The fourth-order valence-corrected chi connectivity index (χ4v) is 4.56. The number of nitrogens with two attached hydrogens (primary N) is 2. The Hall–Kier alpha value is -3.60. The van der Waals surface area contributed by atoms with Crippen LogP contribution in [0.25, 0.3) is 0 Å². The molecule has 1 atom stereocenters. The van der Waals surface area contributed by atoms with E-state index in [1.165, 1.54) is 0 Å². The molecule has 1 aromatic heterocycles. The van der Waals surface area contributed by atoms with Gasteiger partial charge in [0.1, 0.15) is 28.2 Å². The quantitative estimate of drug-likeness (QED) is 0.447. The van der Waals surface area contributed by atoms with Gasteiger partial charge in [0.05, 0.1) is 17.7 Å². The first-order valence-electron chi connectivity index (χ1n) is 10.5. The molecule has 33 heavy (non-hydrogen) atoms. The van der Waals surface area contributed by atoms with Crippen molar-refractivity contribution >= 4 is 29.4 Å². The van der Waals surface area contributed by atoms with Crippen molar-refractivity contribution < 1.29 is 9.59 Å². The Balaban J connectivity index is 2.08. The van der Waals surface area contributed by atoms with Crippen LogP contribution in [0.4, 0.5) is 5.82 Å². The highest BCUT2D eigenvalue weighted by Gasteiger charge is 2.35. The summed E-state index contributed by atoms with van der Waals surface area (Å²) in [7, 11) is 1.66. The van der Waals surface area contributed by atoms with Crippen LogP contribution < -0.4 is 21.7 Å². The van der Waals surface area contributed by atoms with E-state index in [2.05, 4.69) is 22.4 Å². The highest BCUT2D eigenvalue weighted by molar-refractivity contribution is 8.00. The van der Waals surface area contributed by atoms with Gasteiger partial charge in [-0.2, -0.15) is 10.5 Å². The van der Waals surface area contributed by atoms with Crippen LogP contribution in [-0.2, 0) is 9.59 Å². The van der Waals surface area contributed by atoms with Crippen molar-refractivity contribution in [1.29, 1.82) is 10.5 Å². The highest BCUT2D eigenvalue weighted by Crippen LogP contribution is 2.48.